The SMILES string of the molecule is O=[N+]([O-])c1ccc2nc(NC(=S)Nc3cccc4ccccc34)sc2c1. The van der Waals surface area contributed by atoms with Crippen molar-refractivity contribution in [2.45, 2.75) is 0 Å². The fourth-order valence-electron chi connectivity index (χ4n) is 2.67. The summed E-state index contributed by atoms with van der Waals surface area (Å²) in [6, 6.07) is 18.6. The predicted octanol–water partition coefficient (Wildman–Crippen LogP) is 5.17. The third kappa shape index (κ3) is 3.19. The lowest BCUT2D eigenvalue weighted by Gasteiger charge is -2.11. The Morgan fingerprint density at radius 1 is 1.08 bits per heavy atom. The highest BCUT2D eigenvalue weighted by Gasteiger charge is 2.11. The molecule has 1 heterocycles. The lowest BCUT2D eigenvalue weighted by atomic mass is 10.1. The summed E-state index contributed by atoms with van der Waals surface area (Å²) in [7, 11) is 0. The van der Waals surface area contributed by atoms with E-state index in [1.165, 1.54) is 23.5 Å². The van der Waals surface area contributed by atoms with Crippen LogP contribution >= 0.6 is 23.6 Å². The van der Waals surface area contributed by atoms with Crippen LogP contribution in [0.15, 0.2) is 60.7 Å². The Morgan fingerprint density at radius 2 is 1.88 bits per heavy atom. The van der Waals surface area contributed by atoms with Gasteiger partial charge in [0.25, 0.3) is 5.69 Å². The standard InChI is InChI=1S/C18H12N4O2S2/c23-22(24)12-8-9-15-16(10-12)26-18(20-15)21-17(25)19-14-7-3-5-11-4-1-2-6-13(11)14/h1-10H,(H2,19,20,21,25). The summed E-state index contributed by atoms with van der Waals surface area (Å²) in [5, 5.41) is 20.3. The molecule has 26 heavy (non-hydrogen) atoms. The summed E-state index contributed by atoms with van der Waals surface area (Å²) in [5.74, 6) is 0. The molecule has 0 aliphatic rings. The van der Waals surface area contributed by atoms with E-state index in [0.717, 1.165) is 21.2 Å². The Balaban J connectivity index is 1.56. The Kier molecular flexibility index (Phi) is 4.19. The van der Waals surface area contributed by atoms with E-state index < -0.39 is 4.92 Å². The minimum absolute atomic E-state index is 0.0455. The zero-order valence-electron chi connectivity index (χ0n) is 13.3. The first-order valence-corrected chi connectivity index (χ1v) is 8.93. The molecule has 8 heteroatoms. The molecule has 0 spiro atoms. The summed E-state index contributed by atoms with van der Waals surface area (Å²) in [6.45, 7) is 0. The molecule has 0 unspecified atom stereocenters. The number of non-ortho nitro benzene ring substituents is 1. The number of nitro benzene ring substituents is 1. The van der Waals surface area contributed by atoms with Gasteiger partial charge in [0, 0.05) is 23.2 Å². The largest absolute Gasteiger partial charge is 0.332 e. The van der Waals surface area contributed by atoms with Crippen LogP contribution in [0.1, 0.15) is 0 Å². The van der Waals surface area contributed by atoms with Gasteiger partial charge in [0.05, 0.1) is 15.1 Å². The van der Waals surface area contributed by atoms with Gasteiger partial charge in [-0.25, -0.2) is 4.98 Å². The van der Waals surface area contributed by atoms with Crippen molar-refractivity contribution >= 4 is 66.2 Å². The summed E-state index contributed by atoms with van der Waals surface area (Å²) in [6.07, 6.45) is 0. The first-order chi connectivity index (χ1) is 12.6. The quantitative estimate of drug-likeness (QED) is 0.290. The molecular formula is C18H12N4O2S2. The Hall–Kier alpha value is -3.10. The zero-order valence-corrected chi connectivity index (χ0v) is 14.9. The monoisotopic (exact) mass is 380 g/mol. The Bertz CT molecular complexity index is 1150. The second-order valence-corrected chi connectivity index (χ2v) is 6.97. The maximum atomic E-state index is 10.9. The van der Waals surface area contributed by atoms with E-state index in [1.54, 1.807) is 6.07 Å². The van der Waals surface area contributed by atoms with Crippen molar-refractivity contribution in [2.75, 3.05) is 10.6 Å². The van der Waals surface area contributed by atoms with Crippen molar-refractivity contribution in [2.24, 2.45) is 0 Å². The zero-order chi connectivity index (χ0) is 18.1. The first kappa shape index (κ1) is 16.4. The van der Waals surface area contributed by atoms with Crippen molar-refractivity contribution in [3.63, 3.8) is 0 Å². The van der Waals surface area contributed by atoms with E-state index in [0.29, 0.717) is 15.8 Å². The number of hydrogen-bond donors (Lipinski definition) is 2. The molecule has 6 nitrogen and oxygen atoms in total. The van der Waals surface area contributed by atoms with Crippen molar-refractivity contribution in [1.29, 1.82) is 0 Å². The van der Waals surface area contributed by atoms with Gasteiger partial charge in [-0.1, -0.05) is 47.7 Å². The molecule has 0 bridgehead atoms. The number of fused-ring (bicyclic) bond motifs is 2. The van der Waals surface area contributed by atoms with Crippen LogP contribution in [-0.2, 0) is 0 Å². The predicted molar refractivity (Wildman–Crippen MR) is 110 cm³/mol. The second-order valence-electron chi connectivity index (χ2n) is 5.53. The van der Waals surface area contributed by atoms with Gasteiger partial charge >= 0.3 is 0 Å². The summed E-state index contributed by atoms with van der Waals surface area (Å²) >= 11 is 6.71. The fraction of sp³-hybridized carbons (Fsp3) is 0. The second kappa shape index (κ2) is 6.66. The molecule has 0 radical (unpaired) electrons. The molecule has 1 aromatic heterocycles. The number of nitro groups is 1. The molecule has 2 N–H and O–H groups in total. The number of nitrogens with one attached hydrogen (secondary N) is 2. The number of nitrogens with zero attached hydrogens (tertiary/aromatic N) is 2. The molecule has 0 atom stereocenters. The average Bonchev–Trinajstić information content (AvgIpc) is 3.03. The molecule has 128 valence electrons. The number of aromatic nitrogens is 1. The van der Waals surface area contributed by atoms with Gasteiger partial charge < -0.3 is 10.6 Å². The van der Waals surface area contributed by atoms with Crippen LogP contribution in [0, 0.1) is 10.1 Å². The number of thiocarbonyl (C=S) groups is 1. The van der Waals surface area contributed by atoms with Gasteiger partial charge in [0.1, 0.15) is 0 Å². The normalized spacial score (nSPS) is 10.8. The van der Waals surface area contributed by atoms with Gasteiger partial charge in [-0.2, -0.15) is 0 Å². The summed E-state index contributed by atoms with van der Waals surface area (Å²) in [5.41, 5.74) is 1.64. The highest BCUT2D eigenvalue weighted by Crippen LogP contribution is 2.29. The first-order valence-electron chi connectivity index (χ1n) is 7.71. The van der Waals surface area contributed by atoms with Crippen molar-refractivity contribution in [3.8, 4) is 0 Å². The number of thiazole rings is 1. The van der Waals surface area contributed by atoms with Gasteiger partial charge in [-0.3, -0.25) is 10.1 Å². The molecule has 0 saturated carbocycles. The van der Waals surface area contributed by atoms with E-state index in [-0.39, 0.29) is 5.69 Å². The van der Waals surface area contributed by atoms with E-state index >= 15 is 0 Å². The molecule has 0 amide bonds. The third-order valence-corrected chi connectivity index (χ3v) is 4.98. The summed E-state index contributed by atoms with van der Waals surface area (Å²) in [4.78, 5) is 14.9. The minimum atomic E-state index is -0.418. The van der Waals surface area contributed by atoms with Crippen LogP contribution in [0.25, 0.3) is 21.0 Å². The molecule has 3 aromatic carbocycles. The Morgan fingerprint density at radius 3 is 2.73 bits per heavy atom. The lowest BCUT2D eigenvalue weighted by molar-refractivity contribution is -0.384. The van der Waals surface area contributed by atoms with Crippen LogP contribution in [0.4, 0.5) is 16.5 Å². The van der Waals surface area contributed by atoms with Gasteiger partial charge in [0.2, 0.25) is 0 Å². The highest BCUT2D eigenvalue weighted by molar-refractivity contribution is 7.80. The van der Waals surface area contributed by atoms with Crippen LogP contribution in [0.5, 0.6) is 0 Å². The van der Waals surface area contributed by atoms with E-state index in [2.05, 4.69) is 15.6 Å². The maximum absolute atomic E-state index is 10.9. The van der Waals surface area contributed by atoms with Crippen molar-refractivity contribution in [3.05, 3.63) is 70.8 Å². The lowest BCUT2D eigenvalue weighted by Crippen LogP contribution is -2.19. The molecule has 4 aromatic rings. The van der Waals surface area contributed by atoms with Crippen LogP contribution in [0.2, 0.25) is 0 Å². The molecule has 0 aliphatic carbocycles. The van der Waals surface area contributed by atoms with Gasteiger partial charge in [0.15, 0.2) is 10.2 Å². The number of anilines is 2. The van der Waals surface area contributed by atoms with Crippen molar-refractivity contribution in [1.82, 2.24) is 4.98 Å². The number of benzene rings is 3. The molecule has 0 saturated heterocycles. The van der Waals surface area contributed by atoms with Gasteiger partial charge in [-0.05, 0) is 29.7 Å². The van der Waals surface area contributed by atoms with Crippen molar-refractivity contribution < 1.29 is 4.92 Å². The fourth-order valence-corrected chi connectivity index (χ4v) is 3.84. The number of rotatable bonds is 3. The van der Waals surface area contributed by atoms with E-state index in [1.807, 2.05) is 42.5 Å². The molecule has 0 aliphatic heterocycles. The molecule has 4 rings (SSSR count). The topological polar surface area (TPSA) is 80.1 Å². The van der Waals surface area contributed by atoms with Crippen LogP contribution in [-0.4, -0.2) is 15.0 Å². The van der Waals surface area contributed by atoms with Crippen LogP contribution in [0.3, 0.4) is 0 Å². The number of hydrogen-bond acceptors (Lipinski definition) is 5. The third-order valence-electron chi connectivity index (χ3n) is 3.84. The average molecular weight is 380 g/mol. The van der Waals surface area contributed by atoms with Crippen LogP contribution < -0.4 is 10.6 Å². The maximum Gasteiger partial charge on any atom is 0.270 e. The highest BCUT2D eigenvalue weighted by atomic mass is 32.1. The smallest absolute Gasteiger partial charge is 0.270 e. The van der Waals surface area contributed by atoms with E-state index in [9.17, 15) is 10.1 Å². The summed E-state index contributed by atoms with van der Waals surface area (Å²) < 4.78 is 0.731. The minimum Gasteiger partial charge on any atom is -0.332 e. The molecule has 0 fully saturated rings. The van der Waals surface area contributed by atoms with Gasteiger partial charge in [-0.15, -0.1) is 0 Å². The molecular weight excluding hydrogens is 368 g/mol. The Labute approximate surface area is 157 Å². The van der Waals surface area contributed by atoms with E-state index in [4.69, 9.17) is 12.2 Å².